The lowest BCUT2D eigenvalue weighted by Gasteiger charge is -2.10. The van der Waals surface area contributed by atoms with Crippen LogP contribution in [0.1, 0.15) is 11.3 Å². The molecule has 0 aliphatic rings. The highest BCUT2D eigenvalue weighted by Gasteiger charge is 2.11. The van der Waals surface area contributed by atoms with E-state index in [0.29, 0.717) is 0 Å². The van der Waals surface area contributed by atoms with Crippen molar-refractivity contribution in [3.05, 3.63) is 65.9 Å². The molecule has 0 spiro atoms. The Balaban J connectivity index is 1.86. The fourth-order valence-electron chi connectivity index (χ4n) is 2.64. The Morgan fingerprint density at radius 1 is 0.955 bits per heavy atom. The third-order valence-electron chi connectivity index (χ3n) is 3.84. The number of thioether (sulfide) groups is 1. The number of aromatic amines is 1. The molecule has 0 fully saturated rings. The molecule has 0 bridgehead atoms. The van der Waals surface area contributed by atoms with Gasteiger partial charge in [-0.2, -0.15) is 0 Å². The van der Waals surface area contributed by atoms with Crippen LogP contribution in [0.3, 0.4) is 0 Å². The van der Waals surface area contributed by atoms with Gasteiger partial charge in [0, 0.05) is 40.2 Å². The maximum absolute atomic E-state index is 3.62. The molecule has 2 nitrogen and oxygen atoms in total. The SMILES string of the molecule is CN(C)CCc1[nH]c2ccccc2c1CSc1ccccc1. The van der Waals surface area contributed by atoms with Gasteiger partial charge >= 0.3 is 0 Å². The number of rotatable bonds is 6. The molecule has 1 heterocycles. The smallest absolute Gasteiger partial charge is 0.0459 e. The molecule has 0 aliphatic carbocycles. The highest BCUT2D eigenvalue weighted by Crippen LogP contribution is 2.30. The first kappa shape index (κ1) is 15.2. The van der Waals surface area contributed by atoms with Gasteiger partial charge in [0.1, 0.15) is 0 Å². The molecule has 0 aliphatic heterocycles. The van der Waals surface area contributed by atoms with Gasteiger partial charge in [0.25, 0.3) is 0 Å². The summed E-state index contributed by atoms with van der Waals surface area (Å²) in [6.45, 7) is 1.07. The average molecular weight is 310 g/mol. The Bertz CT molecular complexity index is 732. The van der Waals surface area contributed by atoms with E-state index in [-0.39, 0.29) is 0 Å². The van der Waals surface area contributed by atoms with E-state index in [2.05, 4.69) is 78.6 Å². The van der Waals surface area contributed by atoms with E-state index in [1.807, 2.05) is 11.8 Å². The van der Waals surface area contributed by atoms with Gasteiger partial charge in [-0.25, -0.2) is 0 Å². The zero-order chi connectivity index (χ0) is 15.4. The maximum atomic E-state index is 3.62. The van der Waals surface area contributed by atoms with Crippen molar-refractivity contribution in [1.82, 2.24) is 9.88 Å². The van der Waals surface area contributed by atoms with Crippen LogP contribution >= 0.6 is 11.8 Å². The topological polar surface area (TPSA) is 19.0 Å². The van der Waals surface area contributed by atoms with Crippen molar-refractivity contribution < 1.29 is 0 Å². The number of H-pyrrole nitrogens is 1. The zero-order valence-electron chi connectivity index (χ0n) is 13.2. The highest BCUT2D eigenvalue weighted by molar-refractivity contribution is 7.98. The Morgan fingerprint density at radius 2 is 1.68 bits per heavy atom. The zero-order valence-corrected chi connectivity index (χ0v) is 14.0. The second-order valence-corrected chi connectivity index (χ2v) is 6.83. The van der Waals surface area contributed by atoms with Crippen LogP contribution in [-0.4, -0.2) is 30.5 Å². The molecular formula is C19H22N2S. The molecule has 114 valence electrons. The second kappa shape index (κ2) is 7.03. The summed E-state index contributed by atoms with van der Waals surface area (Å²) in [5.74, 6) is 1.01. The summed E-state index contributed by atoms with van der Waals surface area (Å²) in [5, 5.41) is 1.36. The molecule has 2 aromatic carbocycles. The summed E-state index contributed by atoms with van der Waals surface area (Å²) in [4.78, 5) is 7.18. The standard InChI is InChI=1S/C19H22N2S/c1-21(2)13-12-19-17(14-22-15-8-4-3-5-9-15)16-10-6-7-11-18(16)20-19/h3-11,20H,12-14H2,1-2H3. The molecule has 0 radical (unpaired) electrons. The molecule has 0 atom stereocenters. The third kappa shape index (κ3) is 3.54. The Hall–Kier alpha value is -1.71. The van der Waals surface area contributed by atoms with E-state index < -0.39 is 0 Å². The summed E-state index contributed by atoms with van der Waals surface area (Å²) in [6.07, 6.45) is 1.06. The molecule has 22 heavy (non-hydrogen) atoms. The largest absolute Gasteiger partial charge is 0.358 e. The maximum Gasteiger partial charge on any atom is 0.0459 e. The summed E-state index contributed by atoms with van der Waals surface area (Å²) < 4.78 is 0. The van der Waals surface area contributed by atoms with Gasteiger partial charge in [-0.05, 0) is 37.9 Å². The minimum absolute atomic E-state index is 1.01. The highest BCUT2D eigenvalue weighted by atomic mass is 32.2. The monoisotopic (exact) mass is 310 g/mol. The Labute approximate surface area is 136 Å². The van der Waals surface area contributed by atoms with E-state index in [4.69, 9.17) is 0 Å². The van der Waals surface area contributed by atoms with E-state index in [9.17, 15) is 0 Å². The summed E-state index contributed by atoms with van der Waals surface area (Å²) in [6, 6.07) is 19.3. The number of nitrogens with zero attached hydrogens (tertiary/aromatic N) is 1. The number of aromatic nitrogens is 1. The van der Waals surface area contributed by atoms with Crippen LogP contribution in [-0.2, 0) is 12.2 Å². The third-order valence-corrected chi connectivity index (χ3v) is 4.88. The van der Waals surface area contributed by atoms with Crippen molar-refractivity contribution in [2.75, 3.05) is 20.6 Å². The number of likely N-dealkylation sites (N-methyl/N-ethyl adjacent to an activating group) is 1. The molecule has 3 heteroatoms. The number of hydrogen-bond donors (Lipinski definition) is 1. The fourth-order valence-corrected chi connectivity index (χ4v) is 3.63. The van der Waals surface area contributed by atoms with Crippen molar-refractivity contribution in [2.45, 2.75) is 17.1 Å². The minimum Gasteiger partial charge on any atom is -0.358 e. The van der Waals surface area contributed by atoms with Gasteiger partial charge in [-0.1, -0.05) is 36.4 Å². The molecule has 0 saturated carbocycles. The quantitative estimate of drug-likeness (QED) is 0.673. The van der Waals surface area contributed by atoms with Crippen LogP contribution in [0.15, 0.2) is 59.5 Å². The van der Waals surface area contributed by atoms with Crippen molar-refractivity contribution >= 4 is 22.7 Å². The lowest BCUT2D eigenvalue weighted by molar-refractivity contribution is 0.412. The number of hydrogen-bond acceptors (Lipinski definition) is 2. The van der Waals surface area contributed by atoms with Crippen LogP contribution in [0.4, 0.5) is 0 Å². The number of fused-ring (bicyclic) bond motifs is 1. The molecule has 0 saturated heterocycles. The Kier molecular flexibility index (Phi) is 4.86. The van der Waals surface area contributed by atoms with E-state index in [1.54, 1.807) is 0 Å². The van der Waals surface area contributed by atoms with E-state index in [0.717, 1.165) is 18.7 Å². The number of benzene rings is 2. The first-order valence-electron chi connectivity index (χ1n) is 7.65. The van der Waals surface area contributed by atoms with Gasteiger partial charge in [-0.15, -0.1) is 11.8 Å². The van der Waals surface area contributed by atoms with E-state index >= 15 is 0 Å². The van der Waals surface area contributed by atoms with Crippen LogP contribution in [0.25, 0.3) is 10.9 Å². The number of nitrogens with one attached hydrogen (secondary N) is 1. The summed E-state index contributed by atoms with van der Waals surface area (Å²) in [5.41, 5.74) is 4.07. The lowest BCUT2D eigenvalue weighted by Crippen LogP contribution is -2.15. The first-order chi connectivity index (χ1) is 10.7. The van der Waals surface area contributed by atoms with Gasteiger partial charge in [0.2, 0.25) is 0 Å². The molecular weight excluding hydrogens is 288 g/mol. The Morgan fingerprint density at radius 3 is 2.45 bits per heavy atom. The molecule has 1 N–H and O–H groups in total. The molecule has 3 rings (SSSR count). The number of para-hydroxylation sites is 1. The second-order valence-electron chi connectivity index (χ2n) is 5.78. The normalized spacial score (nSPS) is 11.4. The minimum atomic E-state index is 1.01. The van der Waals surface area contributed by atoms with Crippen LogP contribution < -0.4 is 0 Å². The lowest BCUT2D eigenvalue weighted by atomic mass is 10.1. The van der Waals surface area contributed by atoms with Gasteiger partial charge in [0.15, 0.2) is 0 Å². The summed E-state index contributed by atoms with van der Waals surface area (Å²) in [7, 11) is 4.25. The predicted octanol–water partition coefficient (Wildman–Crippen LogP) is 4.56. The van der Waals surface area contributed by atoms with Crippen molar-refractivity contribution in [3.63, 3.8) is 0 Å². The van der Waals surface area contributed by atoms with E-state index in [1.165, 1.54) is 27.1 Å². The predicted molar refractivity (Wildman–Crippen MR) is 96.6 cm³/mol. The average Bonchev–Trinajstić information content (AvgIpc) is 2.89. The fraction of sp³-hybridized carbons (Fsp3) is 0.263. The van der Waals surface area contributed by atoms with Crippen molar-refractivity contribution in [3.8, 4) is 0 Å². The molecule has 1 aromatic heterocycles. The van der Waals surface area contributed by atoms with Crippen molar-refractivity contribution in [1.29, 1.82) is 0 Å². The van der Waals surface area contributed by atoms with Crippen LogP contribution in [0, 0.1) is 0 Å². The first-order valence-corrected chi connectivity index (χ1v) is 8.63. The molecule has 0 unspecified atom stereocenters. The van der Waals surface area contributed by atoms with Gasteiger partial charge in [0.05, 0.1) is 0 Å². The van der Waals surface area contributed by atoms with Gasteiger partial charge in [-0.3, -0.25) is 0 Å². The molecule has 0 amide bonds. The van der Waals surface area contributed by atoms with Crippen LogP contribution in [0.5, 0.6) is 0 Å². The summed E-state index contributed by atoms with van der Waals surface area (Å²) >= 11 is 1.91. The van der Waals surface area contributed by atoms with Crippen LogP contribution in [0.2, 0.25) is 0 Å². The molecule has 3 aromatic rings. The van der Waals surface area contributed by atoms with Gasteiger partial charge < -0.3 is 9.88 Å². The van der Waals surface area contributed by atoms with Crippen molar-refractivity contribution in [2.24, 2.45) is 0 Å².